The molecule has 3 heterocycles. The lowest BCUT2D eigenvalue weighted by molar-refractivity contribution is -0.0520. The van der Waals surface area contributed by atoms with Crippen molar-refractivity contribution in [2.75, 3.05) is 32.3 Å². The maximum absolute atomic E-state index is 11.1. The molecule has 13 heteroatoms. The topological polar surface area (TPSA) is 165 Å². The molecule has 0 aliphatic carbocycles. The summed E-state index contributed by atoms with van der Waals surface area (Å²) in [5.74, 6) is 0.710. The highest BCUT2D eigenvalue weighted by atomic mass is 31.2. The lowest BCUT2D eigenvalue weighted by Gasteiger charge is -2.34. The number of hydrogen-bond acceptors (Lipinski definition) is 8. The predicted molar refractivity (Wildman–Crippen MR) is 84.0 cm³/mol. The van der Waals surface area contributed by atoms with Crippen LogP contribution >= 0.6 is 7.82 Å². The van der Waals surface area contributed by atoms with Crippen LogP contribution in [0.5, 0.6) is 0 Å². The zero-order chi connectivity index (χ0) is 18.5. The number of aromatic nitrogens is 2. The third-order valence-electron chi connectivity index (χ3n) is 4.18. The Balaban J connectivity index is 1.94. The average molecular weight is 377 g/mol. The smallest absolute Gasteiger partial charge is 0.394 e. The van der Waals surface area contributed by atoms with E-state index in [-0.39, 0.29) is 5.84 Å². The number of rotatable bonds is 4. The molecule has 2 aliphatic heterocycles. The first-order valence-electron chi connectivity index (χ1n) is 7.40. The monoisotopic (exact) mass is 377 g/mol. The zero-order valence-corrected chi connectivity index (χ0v) is 14.4. The van der Waals surface area contributed by atoms with Crippen LogP contribution in [0.25, 0.3) is 0 Å². The molecule has 3 rings (SSSR count). The third kappa shape index (κ3) is 3.17. The summed E-state index contributed by atoms with van der Waals surface area (Å²) in [6.07, 6.45) is -3.70. The van der Waals surface area contributed by atoms with Crippen LogP contribution in [0.1, 0.15) is 11.9 Å². The Bertz CT molecular complexity index is 721. The van der Waals surface area contributed by atoms with E-state index in [1.165, 1.54) is 10.9 Å². The third-order valence-corrected chi connectivity index (χ3v) is 4.70. The summed E-state index contributed by atoms with van der Waals surface area (Å²) in [4.78, 5) is 25.7. The minimum atomic E-state index is -4.89. The maximum Gasteiger partial charge on any atom is 0.470 e. The molecule has 140 valence electrons. The molecule has 25 heavy (non-hydrogen) atoms. The summed E-state index contributed by atoms with van der Waals surface area (Å²) in [5, 5.41) is 27.9. The second-order valence-corrected chi connectivity index (χ2v) is 7.20. The van der Waals surface area contributed by atoms with Gasteiger partial charge in [0.1, 0.15) is 29.8 Å². The molecule has 1 aromatic rings. The van der Waals surface area contributed by atoms with Crippen molar-refractivity contribution in [3.8, 4) is 0 Å². The highest BCUT2D eigenvalue weighted by Crippen LogP contribution is 2.44. The van der Waals surface area contributed by atoms with E-state index in [1.54, 1.807) is 23.9 Å². The van der Waals surface area contributed by atoms with Gasteiger partial charge in [-0.05, 0) is 0 Å². The fourth-order valence-electron chi connectivity index (χ4n) is 3.11. The molecule has 0 radical (unpaired) electrons. The van der Waals surface area contributed by atoms with Crippen molar-refractivity contribution in [1.82, 2.24) is 14.5 Å². The fraction of sp³-hybridized carbons (Fsp3) is 0.667. The van der Waals surface area contributed by atoms with Gasteiger partial charge in [0.05, 0.1) is 19.6 Å². The summed E-state index contributed by atoms with van der Waals surface area (Å²) in [7, 11) is -1.37. The number of amidine groups is 1. The first-order chi connectivity index (χ1) is 11.6. The quantitative estimate of drug-likeness (QED) is 0.381. The Kier molecular flexibility index (Phi) is 4.62. The summed E-state index contributed by atoms with van der Waals surface area (Å²) in [5.41, 5.74) is 0.381. The van der Waals surface area contributed by atoms with E-state index in [1.807, 2.05) is 0 Å². The Morgan fingerprint density at radius 2 is 2.12 bits per heavy atom. The Morgan fingerprint density at radius 1 is 1.44 bits per heavy atom. The van der Waals surface area contributed by atoms with Gasteiger partial charge >= 0.3 is 7.82 Å². The van der Waals surface area contributed by atoms with Crippen molar-refractivity contribution in [3.05, 3.63) is 12.0 Å². The minimum absolute atomic E-state index is 0.195. The van der Waals surface area contributed by atoms with Gasteiger partial charge in [-0.1, -0.05) is 0 Å². The number of nitrogens with zero attached hydrogens (tertiary/aromatic N) is 4. The highest BCUT2D eigenvalue weighted by molar-refractivity contribution is 7.46. The van der Waals surface area contributed by atoms with Gasteiger partial charge in [0.2, 0.25) is 0 Å². The highest BCUT2D eigenvalue weighted by Gasteiger charge is 2.49. The zero-order valence-electron chi connectivity index (χ0n) is 13.6. The number of phosphoric ester groups is 1. The number of hydrogen-bond donors (Lipinski definition) is 5. The number of anilines is 1. The second-order valence-electron chi connectivity index (χ2n) is 6.01. The normalized spacial score (nSPS) is 30.1. The first-order valence-corrected chi connectivity index (χ1v) is 8.93. The summed E-state index contributed by atoms with van der Waals surface area (Å²) < 4.78 is 22.7. The molecule has 1 saturated heterocycles. The molecule has 0 unspecified atom stereocenters. The van der Waals surface area contributed by atoms with Crippen LogP contribution < -0.4 is 4.90 Å². The molecular formula is C12H20N5O7P. The number of nitrogens with one attached hydrogen (secondary N) is 1. The lowest BCUT2D eigenvalue weighted by Crippen LogP contribution is -2.44. The largest absolute Gasteiger partial charge is 0.470 e. The summed E-state index contributed by atoms with van der Waals surface area (Å²) in [6.45, 7) is -0.185. The molecule has 0 saturated carbocycles. The van der Waals surface area contributed by atoms with Gasteiger partial charge in [0.15, 0.2) is 12.1 Å². The van der Waals surface area contributed by atoms with Crippen LogP contribution in [-0.4, -0.2) is 86.0 Å². The van der Waals surface area contributed by atoms with E-state index in [4.69, 9.17) is 19.9 Å². The first kappa shape index (κ1) is 18.3. The van der Waals surface area contributed by atoms with E-state index < -0.39 is 39.0 Å². The SMILES string of the molecule is CN1CN(C)c2c(ncn2[C@@H]2O[C@H](CO)[C@@H](OP(=O)(O)O)[C@H]2O)C1=N. The molecule has 12 nitrogen and oxygen atoms in total. The van der Waals surface area contributed by atoms with Crippen molar-refractivity contribution < 1.29 is 33.8 Å². The van der Waals surface area contributed by atoms with Gasteiger partial charge in [0, 0.05) is 14.1 Å². The predicted octanol–water partition coefficient (Wildman–Crippen LogP) is -1.72. The van der Waals surface area contributed by atoms with Crippen LogP contribution in [-0.2, 0) is 13.8 Å². The van der Waals surface area contributed by atoms with Gasteiger partial charge in [-0.3, -0.25) is 14.5 Å². The molecule has 1 aromatic heterocycles. The lowest BCUT2D eigenvalue weighted by atomic mass is 10.1. The molecule has 0 bridgehead atoms. The molecule has 0 aromatic carbocycles. The van der Waals surface area contributed by atoms with Crippen molar-refractivity contribution in [1.29, 1.82) is 5.41 Å². The second kappa shape index (κ2) is 6.32. The number of phosphoric acid groups is 1. The number of aliphatic hydroxyl groups is 2. The Labute approximate surface area is 143 Å². The van der Waals surface area contributed by atoms with Gasteiger partial charge in [-0.25, -0.2) is 9.55 Å². The summed E-state index contributed by atoms with van der Waals surface area (Å²) >= 11 is 0. The Hall–Kier alpha value is -1.53. The van der Waals surface area contributed by atoms with Crippen molar-refractivity contribution in [2.24, 2.45) is 0 Å². The minimum Gasteiger partial charge on any atom is -0.394 e. The molecular weight excluding hydrogens is 357 g/mol. The van der Waals surface area contributed by atoms with Gasteiger partial charge in [-0.15, -0.1) is 0 Å². The van der Waals surface area contributed by atoms with Gasteiger partial charge < -0.3 is 34.5 Å². The van der Waals surface area contributed by atoms with Gasteiger partial charge in [-0.2, -0.15) is 0 Å². The van der Waals surface area contributed by atoms with Crippen molar-refractivity contribution >= 4 is 19.5 Å². The van der Waals surface area contributed by atoms with Gasteiger partial charge in [0.25, 0.3) is 0 Å². The fourth-order valence-corrected chi connectivity index (χ4v) is 3.69. The molecule has 0 spiro atoms. The summed E-state index contributed by atoms with van der Waals surface area (Å²) in [6, 6.07) is 0. The molecule has 2 aliphatic rings. The number of ether oxygens (including phenoxy) is 1. The van der Waals surface area contributed by atoms with E-state index >= 15 is 0 Å². The van der Waals surface area contributed by atoms with E-state index in [0.717, 1.165) is 0 Å². The standard InChI is InChI=1S/C12H20N5O7P/c1-15-5-16(2)11-7(10(15)13)14-4-17(11)12-8(19)9(6(3-18)23-12)24-25(20,21)22/h4,6,8-9,12-13,18-19H,3,5H2,1-2H3,(H2,20,21,22)/t6-,8-,9-,12-/m1/s1. The van der Waals surface area contributed by atoms with Crippen molar-refractivity contribution in [2.45, 2.75) is 24.5 Å². The van der Waals surface area contributed by atoms with Crippen LogP contribution in [0.4, 0.5) is 5.82 Å². The number of aliphatic hydroxyl groups excluding tert-OH is 2. The average Bonchev–Trinajstić information content (AvgIpc) is 3.07. The molecule has 5 N–H and O–H groups in total. The van der Waals surface area contributed by atoms with E-state index in [2.05, 4.69) is 9.51 Å². The van der Waals surface area contributed by atoms with Crippen LogP contribution in [0.15, 0.2) is 6.33 Å². The van der Waals surface area contributed by atoms with E-state index in [9.17, 15) is 14.8 Å². The molecule has 4 atom stereocenters. The Morgan fingerprint density at radius 3 is 2.72 bits per heavy atom. The molecule has 1 fully saturated rings. The maximum atomic E-state index is 11.1. The number of imidazole rings is 1. The van der Waals surface area contributed by atoms with Crippen molar-refractivity contribution in [3.63, 3.8) is 0 Å². The molecule has 0 amide bonds. The van der Waals surface area contributed by atoms with Crippen LogP contribution in [0.2, 0.25) is 0 Å². The van der Waals surface area contributed by atoms with E-state index in [0.29, 0.717) is 18.2 Å². The van der Waals surface area contributed by atoms with Crippen LogP contribution in [0, 0.1) is 5.41 Å². The van der Waals surface area contributed by atoms with Crippen LogP contribution in [0.3, 0.4) is 0 Å². The number of fused-ring (bicyclic) bond motifs is 1.